The molecule has 13 heteroatoms. The van der Waals surface area contributed by atoms with Crippen LogP contribution in [-0.4, -0.2) is 57.9 Å². The maximum atomic E-state index is 15.2. The van der Waals surface area contributed by atoms with Crippen LogP contribution >= 0.6 is 46.1 Å². The second kappa shape index (κ2) is 12.1. The number of ether oxygens (including phenoxy) is 4. The van der Waals surface area contributed by atoms with Crippen molar-refractivity contribution in [3.05, 3.63) is 45.2 Å². The van der Waals surface area contributed by atoms with Crippen LogP contribution in [0.3, 0.4) is 0 Å². The van der Waals surface area contributed by atoms with Crippen LogP contribution in [0, 0.1) is 5.82 Å². The lowest BCUT2D eigenvalue weighted by Gasteiger charge is -2.35. The van der Waals surface area contributed by atoms with Gasteiger partial charge in [0.05, 0.1) is 33.8 Å². The molecule has 8 nitrogen and oxygen atoms in total. The van der Waals surface area contributed by atoms with Crippen molar-refractivity contribution in [2.45, 2.75) is 71.9 Å². The maximum Gasteiger partial charge on any atom is 0.413 e. The van der Waals surface area contributed by atoms with Gasteiger partial charge in [0, 0.05) is 17.2 Å². The zero-order valence-corrected chi connectivity index (χ0v) is 26.8. The molecule has 1 saturated heterocycles. The number of carbonyl (C=O) groups excluding carboxylic acids is 1. The number of benzene rings is 2. The monoisotopic (exact) mass is 645 g/mol. The van der Waals surface area contributed by atoms with E-state index in [0.29, 0.717) is 36.9 Å². The molecule has 3 aromatic rings. The summed E-state index contributed by atoms with van der Waals surface area (Å²) < 4.78 is 38.0. The molecule has 1 aliphatic rings. The fourth-order valence-corrected chi connectivity index (χ4v) is 5.89. The fraction of sp³-hybridized carbons (Fsp3) is 0.464. The lowest BCUT2D eigenvalue weighted by molar-refractivity contribution is -0.0637. The first kappa shape index (κ1) is 31.6. The van der Waals surface area contributed by atoms with Crippen LogP contribution in [-0.2, 0) is 9.47 Å². The molecule has 1 aliphatic heterocycles. The van der Waals surface area contributed by atoms with E-state index in [9.17, 15) is 4.79 Å². The largest absolute Gasteiger partial charge is 0.488 e. The minimum Gasteiger partial charge on any atom is -0.488 e. The van der Waals surface area contributed by atoms with Crippen molar-refractivity contribution in [2.75, 3.05) is 13.2 Å². The number of halogens is 4. The van der Waals surface area contributed by atoms with Crippen molar-refractivity contribution in [1.29, 1.82) is 0 Å². The molecule has 0 aliphatic carbocycles. The van der Waals surface area contributed by atoms with Crippen molar-refractivity contribution in [1.82, 2.24) is 15.1 Å². The Bertz CT molecular complexity index is 1420. The van der Waals surface area contributed by atoms with Gasteiger partial charge in [-0.3, -0.25) is 4.90 Å². The van der Waals surface area contributed by atoms with Gasteiger partial charge in [-0.15, -0.1) is 10.2 Å². The highest BCUT2D eigenvalue weighted by Gasteiger charge is 2.46. The summed E-state index contributed by atoms with van der Waals surface area (Å²) in [5.74, 6) is -0.333. The molecule has 1 fully saturated rings. The van der Waals surface area contributed by atoms with Crippen LogP contribution in [0.1, 0.15) is 48.5 Å². The quantitative estimate of drug-likeness (QED) is 0.254. The van der Waals surface area contributed by atoms with Gasteiger partial charge < -0.3 is 18.9 Å². The number of carbonyl (C=O) groups is 1. The van der Waals surface area contributed by atoms with Gasteiger partial charge in [0.15, 0.2) is 17.3 Å². The molecule has 0 spiro atoms. The lowest BCUT2D eigenvalue weighted by atomic mass is 10.2. The molecule has 2 heterocycles. The van der Waals surface area contributed by atoms with Gasteiger partial charge in [-0.2, -0.15) is 0 Å². The third-order valence-corrected chi connectivity index (χ3v) is 7.75. The molecule has 0 N–H and O–H groups in total. The van der Waals surface area contributed by atoms with Crippen molar-refractivity contribution in [3.8, 4) is 32.6 Å². The SMILES string of the molecule is CC(C)Oc1c(Cl)cc(-c2nnc(-c3cc(F)c(OC[C@H]4COC(C)(C)N4C(=O)OC(C)(C)C)cc3Cl)s2)cc1Cl. The highest BCUT2D eigenvalue weighted by molar-refractivity contribution is 7.18. The molecule has 0 radical (unpaired) electrons. The van der Waals surface area contributed by atoms with Gasteiger partial charge in [-0.1, -0.05) is 46.1 Å². The Labute approximate surface area is 257 Å². The van der Waals surface area contributed by atoms with E-state index in [1.165, 1.54) is 28.4 Å². The van der Waals surface area contributed by atoms with E-state index in [4.69, 9.17) is 53.8 Å². The summed E-state index contributed by atoms with van der Waals surface area (Å²) in [4.78, 5) is 14.3. The summed E-state index contributed by atoms with van der Waals surface area (Å²) in [7, 11) is 0. The predicted octanol–water partition coefficient (Wildman–Crippen LogP) is 8.51. The van der Waals surface area contributed by atoms with Crippen molar-refractivity contribution >= 4 is 52.2 Å². The molecule has 1 amide bonds. The Morgan fingerprint density at radius 3 is 2.37 bits per heavy atom. The van der Waals surface area contributed by atoms with E-state index < -0.39 is 29.3 Å². The minimum absolute atomic E-state index is 0.0315. The maximum absolute atomic E-state index is 15.2. The van der Waals surface area contributed by atoms with Crippen molar-refractivity contribution in [3.63, 3.8) is 0 Å². The molecule has 0 saturated carbocycles. The molecule has 1 atom stereocenters. The summed E-state index contributed by atoms with van der Waals surface area (Å²) in [6, 6.07) is 5.48. The third-order valence-electron chi connectivity index (χ3n) is 5.87. The molecule has 0 unspecified atom stereocenters. The Balaban J connectivity index is 1.51. The first-order valence-corrected chi connectivity index (χ1v) is 14.8. The number of aromatic nitrogens is 2. The molecule has 41 heavy (non-hydrogen) atoms. The van der Waals surface area contributed by atoms with Gasteiger partial charge >= 0.3 is 6.09 Å². The van der Waals surface area contributed by atoms with Crippen molar-refractivity contribution < 1.29 is 28.1 Å². The number of nitrogens with zero attached hydrogens (tertiary/aromatic N) is 3. The molecular formula is C28H31Cl3FN3O5S. The van der Waals surface area contributed by atoms with E-state index in [1.54, 1.807) is 46.8 Å². The van der Waals surface area contributed by atoms with Crippen LogP contribution in [0.5, 0.6) is 11.5 Å². The van der Waals surface area contributed by atoms with Crippen LogP contribution in [0.25, 0.3) is 21.1 Å². The van der Waals surface area contributed by atoms with Gasteiger partial charge in [-0.25, -0.2) is 9.18 Å². The number of hydrogen-bond acceptors (Lipinski definition) is 8. The Morgan fingerprint density at radius 1 is 1.12 bits per heavy atom. The molecule has 1 aromatic heterocycles. The first-order chi connectivity index (χ1) is 19.1. The van der Waals surface area contributed by atoms with Crippen LogP contribution in [0.2, 0.25) is 15.1 Å². The second-order valence-corrected chi connectivity index (χ2v) is 13.4. The topological polar surface area (TPSA) is 83.0 Å². The van der Waals surface area contributed by atoms with E-state index in [-0.39, 0.29) is 30.1 Å². The zero-order chi connectivity index (χ0) is 30.3. The van der Waals surface area contributed by atoms with Crippen molar-refractivity contribution in [2.24, 2.45) is 0 Å². The number of amides is 1. The molecule has 0 bridgehead atoms. The summed E-state index contributed by atoms with van der Waals surface area (Å²) >= 11 is 20.5. The molecule has 4 rings (SSSR count). The highest BCUT2D eigenvalue weighted by Crippen LogP contribution is 2.41. The zero-order valence-electron chi connectivity index (χ0n) is 23.7. The first-order valence-electron chi connectivity index (χ1n) is 12.8. The number of rotatable bonds is 7. The van der Waals surface area contributed by atoms with E-state index in [1.807, 2.05) is 13.8 Å². The summed E-state index contributed by atoms with van der Waals surface area (Å²) in [5, 5.41) is 10.2. The predicted molar refractivity (Wildman–Crippen MR) is 159 cm³/mol. The normalized spacial score (nSPS) is 16.8. The van der Waals surface area contributed by atoms with Gasteiger partial charge in [-0.05, 0) is 66.7 Å². The molecule has 222 valence electrons. The third kappa shape index (κ3) is 7.35. The summed E-state index contributed by atoms with van der Waals surface area (Å²) in [6.07, 6.45) is -0.644. The van der Waals surface area contributed by atoms with E-state index >= 15 is 4.39 Å². The van der Waals surface area contributed by atoms with Crippen LogP contribution in [0.4, 0.5) is 9.18 Å². The Hall–Kier alpha value is -2.37. The number of hydrogen-bond donors (Lipinski definition) is 0. The molecule has 2 aromatic carbocycles. The van der Waals surface area contributed by atoms with Gasteiger partial charge in [0.25, 0.3) is 0 Å². The minimum atomic E-state index is -0.915. The second-order valence-electron chi connectivity index (χ2n) is 11.2. The summed E-state index contributed by atoms with van der Waals surface area (Å²) in [5.41, 5.74) is -0.626. The smallest absolute Gasteiger partial charge is 0.413 e. The average molecular weight is 647 g/mol. The molecular weight excluding hydrogens is 616 g/mol. The van der Waals surface area contributed by atoms with E-state index in [2.05, 4.69) is 10.2 Å². The fourth-order valence-electron chi connectivity index (χ4n) is 4.16. The Kier molecular flexibility index (Phi) is 9.31. The van der Waals surface area contributed by atoms with Crippen LogP contribution < -0.4 is 9.47 Å². The Morgan fingerprint density at radius 2 is 1.76 bits per heavy atom. The van der Waals surface area contributed by atoms with Crippen LogP contribution in [0.15, 0.2) is 24.3 Å². The highest BCUT2D eigenvalue weighted by atomic mass is 35.5. The van der Waals surface area contributed by atoms with E-state index in [0.717, 1.165) is 0 Å². The summed E-state index contributed by atoms with van der Waals surface area (Å²) in [6.45, 7) is 12.8. The van der Waals surface area contributed by atoms with Gasteiger partial charge in [0.2, 0.25) is 0 Å². The van der Waals surface area contributed by atoms with Gasteiger partial charge in [0.1, 0.15) is 27.9 Å². The lowest BCUT2D eigenvalue weighted by Crippen LogP contribution is -2.51. The standard InChI is InChI=1S/C28H31Cl3FN3O5S/c1-14(2)39-23-19(30)8-15(9-20(23)31)24-33-34-25(41-24)17-10-21(32)22(11-18(17)29)37-12-16-13-38-28(6,7)35(16)26(36)40-27(3,4)5/h8-11,14,16H,12-13H2,1-7H3/t16-/m0/s1. The average Bonchev–Trinajstić information content (AvgIpc) is 3.44.